The summed E-state index contributed by atoms with van der Waals surface area (Å²) in [5, 5.41) is 12.6. The van der Waals surface area contributed by atoms with E-state index in [1.54, 1.807) is 21.3 Å². The Morgan fingerprint density at radius 3 is 2.13 bits per heavy atom. The zero-order chi connectivity index (χ0) is 32.7. The fourth-order valence-corrected chi connectivity index (χ4v) is 5.59. The molecule has 5 aromatic rings. The second kappa shape index (κ2) is 14.4. The number of anilines is 1. The highest BCUT2D eigenvalue weighted by atomic mass is 32.2. The molecule has 1 N–H and O–H groups in total. The Morgan fingerprint density at radius 2 is 1.46 bits per heavy atom. The predicted molar refractivity (Wildman–Crippen MR) is 181 cm³/mol. The molecule has 0 aliphatic carbocycles. The third-order valence-corrected chi connectivity index (χ3v) is 8.19. The maximum Gasteiger partial charge on any atom is 0.234 e. The number of hydrogen-bond donors (Lipinski definition) is 1. The molecule has 0 aliphatic heterocycles. The van der Waals surface area contributed by atoms with Crippen molar-refractivity contribution in [3.8, 4) is 34.4 Å². The lowest BCUT2D eigenvalue weighted by atomic mass is 9.87. The number of methoxy groups -OCH3 is 3. The van der Waals surface area contributed by atoms with Crippen LogP contribution < -0.4 is 24.3 Å². The summed E-state index contributed by atoms with van der Waals surface area (Å²) in [5.74, 6) is 3.96. The van der Waals surface area contributed by atoms with Gasteiger partial charge in [-0.05, 0) is 77.2 Å². The number of rotatable bonds is 12. The van der Waals surface area contributed by atoms with Crippen LogP contribution in [0.5, 0.6) is 28.7 Å². The molecular weight excluding hydrogens is 600 g/mol. The molecule has 46 heavy (non-hydrogen) atoms. The van der Waals surface area contributed by atoms with Crippen LogP contribution in [0.15, 0.2) is 96.2 Å². The Bertz CT molecular complexity index is 1780. The molecular formula is C36H38N4O5S. The average molecular weight is 639 g/mol. The molecule has 0 bridgehead atoms. The van der Waals surface area contributed by atoms with Gasteiger partial charge in [0.1, 0.15) is 23.1 Å². The van der Waals surface area contributed by atoms with Crippen molar-refractivity contribution in [2.45, 2.75) is 37.8 Å². The largest absolute Gasteiger partial charge is 0.495 e. The number of thioether (sulfide) groups is 1. The van der Waals surface area contributed by atoms with E-state index in [0.29, 0.717) is 46.1 Å². The van der Waals surface area contributed by atoms with E-state index < -0.39 is 0 Å². The number of para-hydroxylation sites is 1. The zero-order valence-electron chi connectivity index (χ0n) is 26.9. The first-order chi connectivity index (χ1) is 22.2. The number of nitrogens with zero attached hydrogens (tertiary/aromatic N) is 3. The smallest absolute Gasteiger partial charge is 0.234 e. The van der Waals surface area contributed by atoms with E-state index in [1.165, 1.54) is 11.8 Å². The number of aromatic nitrogens is 3. The van der Waals surface area contributed by atoms with Gasteiger partial charge in [0.2, 0.25) is 5.91 Å². The van der Waals surface area contributed by atoms with E-state index in [9.17, 15) is 4.79 Å². The maximum atomic E-state index is 13.2. The zero-order valence-corrected chi connectivity index (χ0v) is 27.7. The average Bonchev–Trinajstić information content (AvgIpc) is 3.46. The van der Waals surface area contributed by atoms with E-state index in [4.69, 9.17) is 18.9 Å². The Labute approximate surface area is 273 Å². The molecule has 0 fully saturated rings. The molecule has 1 amide bonds. The molecule has 5 rings (SSSR count). The van der Waals surface area contributed by atoms with Crippen LogP contribution >= 0.6 is 11.8 Å². The highest BCUT2D eigenvalue weighted by Gasteiger charge is 2.20. The number of ether oxygens (including phenoxy) is 4. The summed E-state index contributed by atoms with van der Waals surface area (Å²) in [6.07, 6.45) is 0.471. The van der Waals surface area contributed by atoms with Crippen molar-refractivity contribution in [1.82, 2.24) is 14.8 Å². The fraction of sp³-hybridized carbons (Fsp3) is 0.250. The maximum absolute atomic E-state index is 13.2. The minimum absolute atomic E-state index is 0.0804. The summed E-state index contributed by atoms with van der Waals surface area (Å²) in [7, 11) is 4.81. The summed E-state index contributed by atoms with van der Waals surface area (Å²) in [6, 6.07) is 28.9. The quantitative estimate of drug-likeness (QED) is 0.139. The van der Waals surface area contributed by atoms with Gasteiger partial charge in [-0.3, -0.25) is 9.36 Å². The molecule has 0 aliphatic rings. The molecule has 0 spiro atoms. The van der Waals surface area contributed by atoms with Crippen LogP contribution in [0.25, 0.3) is 5.69 Å². The lowest BCUT2D eigenvalue weighted by Gasteiger charge is -2.21. The molecule has 9 nitrogen and oxygen atoms in total. The van der Waals surface area contributed by atoms with Gasteiger partial charge in [-0.15, -0.1) is 10.2 Å². The molecule has 0 saturated heterocycles. The number of carbonyl (C=O) groups excluding carboxylic acids is 1. The normalized spacial score (nSPS) is 11.2. The molecule has 4 aromatic carbocycles. The molecule has 10 heteroatoms. The van der Waals surface area contributed by atoms with Crippen molar-refractivity contribution >= 4 is 23.4 Å². The van der Waals surface area contributed by atoms with Crippen LogP contribution in [0.2, 0.25) is 0 Å². The van der Waals surface area contributed by atoms with Gasteiger partial charge in [0.25, 0.3) is 0 Å². The van der Waals surface area contributed by atoms with Gasteiger partial charge >= 0.3 is 0 Å². The first-order valence-electron chi connectivity index (χ1n) is 14.8. The lowest BCUT2D eigenvalue weighted by Crippen LogP contribution is -2.17. The summed E-state index contributed by atoms with van der Waals surface area (Å²) in [5.41, 5.74) is 3.45. The van der Waals surface area contributed by atoms with Gasteiger partial charge in [0.15, 0.2) is 16.7 Å². The minimum Gasteiger partial charge on any atom is -0.495 e. The third-order valence-electron chi connectivity index (χ3n) is 7.26. The van der Waals surface area contributed by atoms with Crippen molar-refractivity contribution in [1.29, 1.82) is 0 Å². The fourth-order valence-electron chi connectivity index (χ4n) is 4.82. The SMILES string of the molecule is COc1ccc(C(C)(C)C)cc1NC(=O)CSc1nnc(Cc2ccc(OC)c(OC)c2)n1-c1ccc(Oc2ccccc2)cc1. The molecule has 1 heterocycles. The van der Waals surface area contributed by atoms with E-state index in [1.807, 2.05) is 95.6 Å². The van der Waals surface area contributed by atoms with Crippen LogP contribution in [0.3, 0.4) is 0 Å². The molecule has 0 atom stereocenters. The summed E-state index contributed by atoms with van der Waals surface area (Å²) >= 11 is 1.30. The van der Waals surface area contributed by atoms with E-state index in [-0.39, 0.29) is 17.1 Å². The second-order valence-corrected chi connectivity index (χ2v) is 12.5. The van der Waals surface area contributed by atoms with Crippen molar-refractivity contribution in [3.05, 3.63) is 108 Å². The molecule has 0 radical (unpaired) electrons. The number of carbonyl (C=O) groups is 1. The Balaban J connectivity index is 1.40. The molecule has 238 valence electrons. The molecule has 0 saturated carbocycles. The van der Waals surface area contributed by atoms with Gasteiger partial charge in [-0.1, -0.05) is 62.9 Å². The van der Waals surface area contributed by atoms with E-state index in [0.717, 1.165) is 22.6 Å². The van der Waals surface area contributed by atoms with Crippen LogP contribution in [0.1, 0.15) is 37.7 Å². The van der Waals surface area contributed by atoms with Crippen LogP contribution in [-0.4, -0.2) is 47.8 Å². The van der Waals surface area contributed by atoms with Crippen LogP contribution in [0.4, 0.5) is 5.69 Å². The summed E-state index contributed by atoms with van der Waals surface area (Å²) in [6.45, 7) is 6.38. The highest BCUT2D eigenvalue weighted by molar-refractivity contribution is 7.99. The predicted octanol–water partition coefficient (Wildman–Crippen LogP) is 7.70. The van der Waals surface area contributed by atoms with Crippen molar-refractivity contribution in [2.24, 2.45) is 0 Å². The van der Waals surface area contributed by atoms with Crippen molar-refractivity contribution < 1.29 is 23.7 Å². The minimum atomic E-state index is -0.183. The Morgan fingerprint density at radius 1 is 0.783 bits per heavy atom. The second-order valence-electron chi connectivity index (χ2n) is 11.5. The van der Waals surface area contributed by atoms with E-state index >= 15 is 0 Å². The number of hydrogen-bond acceptors (Lipinski definition) is 8. The highest BCUT2D eigenvalue weighted by Crippen LogP contribution is 2.33. The van der Waals surface area contributed by atoms with Gasteiger partial charge in [0.05, 0.1) is 32.8 Å². The van der Waals surface area contributed by atoms with E-state index in [2.05, 4.69) is 36.3 Å². The summed E-state index contributed by atoms with van der Waals surface area (Å²) < 4.78 is 24.4. The topological polar surface area (TPSA) is 96.7 Å². The van der Waals surface area contributed by atoms with Crippen LogP contribution in [0, 0.1) is 0 Å². The third kappa shape index (κ3) is 7.81. The first kappa shape index (κ1) is 32.4. The lowest BCUT2D eigenvalue weighted by molar-refractivity contribution is -0.113. The number of nitrogens with one attached hydrogen (secondary N) is 1. The van der Waals surface area contributed by atoms with Gasteiger partial charge in [-0.25, -0.2) is 0 Å². The first-order valence-corrected chi connectivity index (χ1v) is 15.8. The van der Waals surface area contributed by atoms with Crippen LogP contribution in [-0.2, 0) is 16.6 Å². The molecule has 1 aromatic heterocycles. The van der Waals surface area contributed by atoms with Crippen molar-refractivity contribution in [2.75, 3.05) is 32.4 Å². The van der Waals surface area contributed by atoms with Gasteiger partial charge < -0.3 is 24.3 Å². The Hall–Kier alpha value is -4.96. The van der Waals surface area contributed by atoms with Gasteiger partial charge in [-0.2, -0.15) is 0 Å². The molecule has 0 unspecified atom stereocenters. The monoisotopic (exact) mass is 638 g/mol. The summed E-state index contributed by atoms with van der Waals surface area (Å²) in [4.78, 5) is 13.2. The Kier molecular flexibility index (Phi) is 10.2. The van der Waals surface area contributed by atoms with Gasteiger partial charge in [0, 0.05) is 12.1 Å². The standard InChI is InChI=1S/C36H38N4O5S/c1-36(2,3)25-13-19-30(42-4)29(22-25)37-34(41)23-46-35-39-38-33(21-24-12-18-31(43-5)32(20-24)44-6)40(35)26-14-16-28(17-15-26)45-27-10-8-7-9-11-27/h7-20,22H,21,23H2,1-6H3,(H,37,41). The number of amides is 1. The number of benzene rings is 4. The van der Waals surface area contributed by atoms with Crippen molar-refractivity contribution in [3.63, 3.8) is 0 Å².